The van der Waals surface area contributed by atoms with E-state index < -0.39 is 5.24 Å². The Morgan fingerprint density at radius 1 is 1.53 bits per heavy atom. The molecule has 0 aliphatic rings. The number of aryl methyl sites for hydroxylation is 1. The summed E-state index contributed by atoms with van der Waals surface area (Å²) >= 11 is 5.32. The van der Waals surface area contributed by atoms with Crippen molar-refractivity contribution in [3.63, 3.8) is 0 Å². The van der Waals surface area contributed by atoms with Gasteiger partial charge in [-0.15, -0.1) is 0 Å². The summed E-state index contributed by atoms with van der Waals surface area (Å²) in [5.41, 5.74) is 1.22. The van der Waals surface area contributed by atoms with Crippen LogP contribution in [0.1, 0.15) is 37.4 Å². The summed E-state index contributed by atoms with van der Waals surface area (Å²) in [6, 6.07) is 1.76. The van der Waals surface area contributed by atoms with Gasteiger partial charge in [-0.3, -0.25) is 9.59 Å². The van der Waals surface area contributed by atoms with Crippen molar-refractivity contribution in [3.8, 4) is 0 Å². The predicted molar refractivity (Wildman–Crippen MR) is 73.6 cm³/mol. The molecule has 5 nitrogen and oxygen atoms in total. The second-order valence-corrected chi connectivity index (χ2v) is 5.05. The lowest BCUT2D eigenvalue weighted by atomic mass is 10.1. The number of nitrogens with zero attached hydrogens (tertiary/aromatic N) is 2. The quantitative estimate of drug-likeness (QED) is 0.716. The van der Waals surface area contributed by atoms with Crippen LogP contribution in [0.5, 0.6) is 0 Å². The summed E-state index contributed by atoms with van der Waals surface area (Å²) < 4.78 is 6.36. The highest BCUT2D eigenvalue weighted by Crippen LogP contribution is 2.12. The molecule has 0 spiro atoms. The lowest BCUT2D eigenvalue weighted by molar-refractivity contribution is -0.111. The van der Waals surface area contributed by atoms with Crippen molar-refractivity contribution < 1.29 is 9.53 Å². The Kier molecular flexibility index (Phi) is 6.18. The maximum Gasteiger partial charge on any atom is 0.270 e. The van der Waals surface area contributed by atoms with Crippen molar-refractivity contribution in [2.45, 2.75) is 39.2 Å². The standard InChI is InChI=1S/C13H19ClN2O3/c1-9(2)11-8-10(4-5-12(14)17)13(18)16(15-11)6-7-19-3/h8-9H,4-7H2,1-3H3. The first kappa shape index (κ1) is 15.9. The van der Waals surface area contributed by atoms with Crippen LogP contribution in [0, 0.1) is 0 Å². The van der Waals surface area contributed by atoms with Crippen LogP contribution in [0.2, 0.25) is 0 Å². The summed E-state index contributed by atoms with van der Waals surface area (Å²) in [4.78, 5) is 23.0. The minimum absolute atomic E-state index is 0.155. The molecular formula is C13H19ClN2O3. The fourth-order valence-corrected chi connectivity index (χ4v) is 1.74. The van der Waals surface area contributed by atoms with Crippen molar-refractivity contribution in [1.29, 1.82) is 0 Å². The monoisotopic (exact) mass is 286 g/mol. The van der Waals surface area contributed by atoms with E-state index in [1.807, 2.05) is 13.8 Å². The van der Waals surface area contributed by atoms with Gasteiger partial charge in [0, 0.05) is 19.1 Å². The van der Waals surface area contributed by atoms with Crippen molar-refractivity contribution in [2.24, 2.45) is 0 Å². The van der Waals surface area contributed by atoms with E-state index in [-0.39, 0.29) is 17.9 Å². The van der Waals surface area contributed by atoms with Crippen molar-refractivity contribution in [2.75, 3.05) is 13.7 Å². The Morgan fingerprint density at radius 2 is 2.21 bits per heavy atom. The van der Waals surface area contributed by atoms with Crippen LogP contribution in [0.3, 0.4) is 0 Å². The highest BCUT2D eigenvalue weighted by molar-refractivity contribution is 6.63. The van der Waals surface area contributed by atoms with Gasteiger partial charge in [-0.2, -0.15) is 5.10 Å². The van der Waals surface area contributed by atoms with E-state index >= 15 is 0 Å². The van der Waals surface area contributed by atoms with Crippen molar-refractivity contribution in [3.05, 3.63) is 27.7 Å². The molecule has 0 unspecified atom stereocenters. The molecule has 1 aromatic rings. The summed E-state index contributed by atoms with van der Waals surface area (Å²) in [6.45, 7) is 4.83. The van der Waals surface area contributed by atoms with Gasteiger partial charge in [-0.05, 0) is 30.0 Å². The lowest BCUT2D eigenvalue weighted by Gasteiger charge is -2.11. The number of ether oxygens (including phenoxy) is 1. The molecule has 0 aliphatic heterocycles. The maximum atomic E-state index is 12.2. The number of carbonyl (C=O) groups is 1. The van der Waals surface area contributed by atoms with E-state index in [1.165, 1.54) is 4.68 Å². The summed E-state index contributed by atoms with van der Waals surface area (Å²) in [5, 5.41) is 3.86. The first-order valence-corrected chi connectivity index (χ1v) is 6.61. The zero-order chi connectivity index (χ0) is 14.4. The molecule has 0 N–H and O–H groups in total. The fraction of sp³-hybridized carbons (Fsp3) is 0.615. The van der Waals surface area contributed by atoms with Gasteiger partial charge < -0.3 is 4.74 Å². The van der Waals surface area contributed by atoms with Gasteiger partial charge in [0.15, 0.2) is 0 Å². The molecule has 0 aliphatic carbocycles. The first-order valence-electron chi connectivity index (χ1n) is 6.24. The van der Waals surface area contributed by atoms with Gasteiger partial charge in [-0.25, -0.2) is 4.68 Å². The molecule has 0 radical (unpaired) electrons. The van der Waals surface area contributed by atoms with Crippen LogP contribution in [0.4, 0.5) is 0 Å². The molecule has 1 heterocycles. The van der Waals surface area contributed by atoms with Crippen LogP contribution in [-0.2, 0) is 22.5 Å². The Hall–Kier alpha value is -1.20. The lowest BCUT2D eigenvalue weighted by Crippen LogP contribution is -2.29. The van der Waals surface area contributed by atoms with Crippen LogP contribution in [0.25, 0.3) is 0 Å². The zero-order valence-corrected chi connectivity index (χ0v) is 12.2. The molecule has 106 valence electrons. The van der Waals surface area contributed by atoms with Crippen LogP contribution in [0.15, 0.2) is 10.9 Å². The largest absolute Gasteiger partial charge is 0.383 e. The van der Waals surface area contributed by atoms with E-state index in [0.717, 1.165) is 5.69 Å². The number of rotatable bonds is 7. The normalized spacial score (nSPS) is 11.0. The number of carbonyl (C=O) groups excluding carboxylic acids is 1. The summed E-state index contributed by atoms with van der Waals surface area (Å²) in [6.07, 6.45) is 0.499. The van der Waals surface area contributed by atoms with Crippen LogP contribution < -0.4 is 5.56 Å². The second kappa shape index (κ2) is 7.40. The van der Waals surface area contributed by atoms with Gasteiger partial charge in [0.2, 0.25) is 5.24 Å². The Labute approximate surface area is 117 Å². The van der Waals surface area contributed by atoms with Crippen LogP contribution >= 0.6 is 11.6 Å². The van der Waals surface area contributed by atoms with Crippen molar-refractivity contribution >= 4 is 16.8 Å². The van der Waals surface area contributed by atoms with Gasteiger partial charge in [0.05, 0.1) is 18.8 Å². The van der Waals surface area contributed by atoms with Gasteiger partial charge in [0.1, 0.15) is 0 Å². The molecule has 19 heavy (non-hydrogen) atoms. The molecule has 6 heteroatoms. The molecule has 0 saturated heterocycles. The van der Waals surface area contributed by atoms with E-state index in [1.54, 1.807) is 13.2 Å². The summed E-state index contributed by atoms with van der Waals surface area (Å²) in [5.74, 6) is 0.208. The third-order valence-electron chi connectivity index (χ3n) is 2.76. The van der Waals surface area contributed by atoms with Gasteiger partial charge >= 0.3 is 0 Å². The topological polar surface area (TPSA) is 61.2 Å². The SMILES string of the molecule is COCCn1nc(C(C)C)cc(CCC(=O)Cl)c1=O. The van der Waals surface area contributed by atoms with E-state index in [4.69, 9.17) is 16.3 Å². The highest BCUT2D eigenvalue weighted by atomic mass is 35.5. The molecule has 0 atom stereocenters. The number of methoxy groups -OCH3 is 1. The molecule has 1 aromatic heterocycles. The number of hydrogen-bond donors (Lipinski definition) is 0. The minimum Gasteiger partial charge on any atom is -0.383 e. The Balaban J connectivity index is 3.09. The average molecular weight is 287 g/mol. The van der Waals surface area contributed by atoms with Gasteiger partial charge in [-0.1, -0.05) is 13.8 Å². The average Bonchev–Trinajstić information content (AvgIpc) is 2.35. The summed E-state index contributed by atoms with van der Waals surface area (Å²) in [7, 11) is 1.57. The molecule has 0 amide bonds. The molecule has 0 saturated carbocycles. The van der Waals surface area contributed by atoms with E-state index in [0.29, 0.717) is 25.1 Å². The second-order valence-electron chi connectivity index (χ2n) is 4.63. The minimum atomic E-state index is -0.439. The zero-order valence-electron chi connectivity index (χ0n) is 11.5. The van der Waals surface area contributed by atoms with Crippen LogP contribution in [-0.4, -0.2) is 28.7 Å². The highest BCUT2D eigenvalue weighted by Gasteiger charge is 2.11. The number of aromatic nitrogens is 2. The Morgan fingerprint density at radius 3 is 2.74 bits per heavy atom. The molecule has 0 bridgehead atoms. The smallest absolute Gasteiger partial charge is 0.270 e. The Bertz CT molecular complexity index is 497. The van der Waals surface area contributed by atoms with Gasteiger partial charge in [0.25, 0.3) is 5.56 Å². The third kappa shape index (κ3) is 4.76. The van der Waals surface area contributed by atoms with E-state index in [9.17, 15) is 9.59 Å². The molecular weight excluding hydrogens is 268 g/mol. The molecule has 0 aromatic carbocycles. The molecule has 0 fully saturated rings. The molecule has 1 rings (SSSR count). The van der Waals surface area contributed by atoms with Crippen molar-refractivity contribution in [1.82, 2.24) is 9.78 Å². The fourth-order valence-electron chi connectivity index (χ4n) is 1.64. The number of halogens is 1. The maximum absolute atomic E-state index is 12.2. The van der Waals surface area contributed by atoms with E-state index in [2.05, 4.69) is 5.10 Å². The number of hydrogen-bond acceptors (Lipinski definition) is 4. The first-order chi connectivity index (χ1) is 8.95. The predicted octanol–water partition coefficient (Wildman–Crippen LogP) is 1.71. The third-order valence-corrected chi connectivity index (χ3v) is 2.95.